The Kier molecular flexibility index (Phi) is 4.14. The number of hydrogen-bond donors (Lipinski definition) is 0. The maximum atomic E-state index is 12.9. The average molecular weight is 416 g/mol. The number of nitrogens with zero attached hydrogens (tertiary/aromatic N) is 4. The van der Waals surface area contributed by atoms with Gasteiger partial charge in [0, 0.05) is 17.3 Å². The number of hydrogen-bond acceptors (Lipinski definition) is 5. The molecule has 0 amide bonds. The Morgan fingerprint density at radius 3 is 1.94 bits per heavy atom. The van der Waals surface area contributed by atoms with Gasteiger partial charge in [0.1, 0.15) is 5.56 Å². The lowest BCUT2D eigenvalue weighted by Crippen LogP contribution is -2.13. The molecule has 152 valence electrons. The molecule has 0 fully saturated rings. The summed E-state index contributed by atoms with van der Waals surface area (Å²) in [7, 11) is 0. The van der Waals surface area contributed by atoms with Crippen LogP contribution in [-0.4, -0.2) is 19.4 Å². The molecule has 0 aliphatic carbocycles. The lowest BCUT2D eigenvalue weighted by molar-refractivity contribution is 0.634. The molecule has 0 saturated heterocycles. The van der Waals surface area contributed by atoms with Gasteiger partial charge in [0.25, 0.3) is 5.56 Å². The van der Waals surface area contributed by atoms with E-state index >= 15 is 0 Å². The summed E-state index contributed by atoms with van der Waals surface area (Å²) in [5.41, 5.74) is 4.69. The zero-order valence-corrected chi connectivity index (χ0v) is 16.8. The number of fused-ring (bicyclic) bond motifs is 3. The van der Waals surface area contributed by atoms with Crippen LogP contribution in [0.15, 0.2) is 106 Å². The van der Waals surface area contributed by atoms with Crippen molar-refractivity contribution in [2.75, 3.05) is 0 Å². The van der Waals surface area contributed by atoms with Crippen molar-refractivity contribution >= 4 is 16.9 Å². The smallest absolute Gasteiger partial charge is 0.310 e. The highest BCUT2D eigenvalue weighted by Crippen LogP contribution is 2.27. The quantitative estimate of drug-likeness (QED) is 0.395. The number of aromatic nitrogens is 4. The van der Waals surface area contributed by atoms with Gasteiger partial charge >= 0.3 is 5.84 Å². The van der Waals surface area contributed by atoms with Gasteiger partial charge in [0.15, 0.2) is 11.4 Å². The lowest BCUT2D eigenvalue weighted by Gasteiger charge is -2.09. The highest BCUT2D eigenvalue weighted by atomic mass is 16.4. The Balaban J connectivity index is 1.62. The predicted octanol–water partition coefficient (Wildman–Crippen LogP) is 5.23. The number of para-hydroxylation sites is 2. The van der Waals surface area contributed by atoms with Crippen molar-refractivity contribution in [3.8, 4) is 33.9 Å². The molecular weight excluding hydrogens is 400 g/mol. The zero-order chi connectivity index (χ0) is 21.5. The van der Waals surface area contributed by atoms with Gasteiger partial charge in [-0.15, -0.1) is 0 Å². The maximum Gasteiger partial charge on any atom is 0.310 e. The van der Waals surface area contributed by atoms with Gasteiger partial charge in [0.05, 0.1) is 16.9 Å². The van der Waals surface area contributed by atoms with Gasteiger partial charge in [-0.3, -0.25) is 9.20 Å². The second-order valence-corrected chi connectivity index (χ2v) is 7.38. The van der Waals surface area contributed by atoms with Crippen LogP contribution in [0.25, 0.3) is 50.8 Å². The van der Waals surface area contributed by atoms with Gasteiger partial charge in [-0.05, 0) is 18.2 Å². The van der Waals surface area contributed by atoms with E-state index in [9.17, 15) is 4.79 Å². The van der Waals surface area contributed by atoms with Crippen LogP contribution in [0.3, 0.4) is 0 Å². The molecule has 0 radical (unpaired) electrons. The van der Waals surface area contributed by atoms with E-state index in [1.807, 2.05) is 91.0 Å². The minimum Gasteiger partial charge on any atom is -0.423 e. The minimum absolute atomic E-state index is 0.238. The van der Waals surface area contributed by atoms with Gasteiger partial charge in [0.2, 0.25) is 0 Å². The third kappa shape index (κ3) is 3.06. The molecule has 0 unspecified atom stereocenters. The Bertz CT molecular complexity index is 1580. The third-order valence-corrected chi connectivity index (χ3v) is 5.32. The molecule has 0 atom stereocenters. The molecule has 0 aliphatic rings. The SMILES string of the molecule is O=c1nc2oc3ccccc3n2cc1-c1nc(-c2ccccc2)cc(-c2ccccc2)n1. The van der Waals surface area contributed by atoms with Crippen LogP contribution in [0.4, 0.5) is 0 Å². The van der Waals surface area contributed by atoms with E-state index in [-0.39, 0.29) is 5.84 Å². The first kappa shape index (κ1) is 18.2. The number of rotatable bonds is 3. The second-order valence-electron chi connectivity index (χ2n) is 7.38. The fraction of sp³-hybridized carbons (Fsp3) is 0. The van der Waals surface area contributed by atoms with Crippen molar-refractivity contribution in [3.63, 3.8) is 0 Å². The molecule has 3 aromatic carbocycles. The van der Waals surface area contributed by atoms with Crippen molar-refractivity contribution < 1.29 is 4.42 Å². The molecule has 32 heavy (non-hydrogen) atoms. The summed E-state index contributed by atoms with van der Waals surface area (Å²) in [4.78, 5) is 26.6. The topological polar surface area (TPSA) is 73.3 Å². The van der Waals surface area contributed by atoms with Crippen LogP contribution in [0.1, 0.15) is 0 Å². The van der Waals surface area contributed by atoms with Crippen molar-refractivity contribution in [2.45, 2.75) is 0 Å². The summed E-state index contributed by atoms with van der Waals surface area (Å²) in [6.45, 7) is 0. The van der Waals surface area contributed by atoms with E-state index in [2.05, 4.69) is 4.98 Å². The van der Waals surface area contributed by atoms with Crippen LogP contribution < -0.4 is 5.56 Å². The predicted molar refractivity (Wildman–Crippen MR) is 123 cm³/mol. The molecule has 3 aromatic heterocycles. The van der Waals surface area contributed by atoms with E-state index in [0.717, 1.165) is 28.0 Å². The van der Waals surface area contributed by atoms with E-state index in [1.54, 1.807) is 10.6 Å². The fourth-order valence-electron chi connectivity index (χ4n) is 3.76. The van der Waals surface area contributed by atoms with Crippen molar-refractivity contribution in [2.24, 2.45) is 0 Å². The van der Waals surface area contributed by atoms with Crippen LogP contribution in [0.2, 0.25) is 0 Å². The van der Waals surface area contributed by atoms with Gasteiger partial charge < -0.3 is 4.42 Å². The molecule has 0 saturated carbocycles. The van der Waals surface area contributed by atoms with Crippen molar-refractivity contribution in [3.05, 3.63) is 108 Å². The molecule has 6 aromatic rings. The van der Waals surface area contributed by atoms with Gasteiger partial charge in [-0.1, -0.05) is 72.8 Å². The molecule has 6 nitrogen and oxygen atoms in total. The first-order valence-electron chi connectivity index (χ1n) is 10.2. The maximum absolute atomic E-state index is 12.9. The fourth-order valence-corrected chi connectivity index (χ4v) is 3.76. The van der Waals surface area contributed by atoms with Crippen LogP contribution in [-0.2, 0) is 0 Å². The first-order valence-corrected chi connectivity index (χ1v) is 10.2. The summed E-state index contributed by atoms with van der Waals surface area (Å²) in [6.07, 6.45) is 1.70. The van der Waals surface area contributed by atoms with Gasteiger partial charge in [-0.2, -0.15) is 4.98 Å². The standard InChI is InChI=1S/C26H16N4O2/c31-25-19(16-30-22-13-7-8-14-23(22)32-26(30)29-25)24-27-20(17-9-3-1-4-10-17)15-21(28-24)18-11-5-2-6-12-18/h1-16H. The third-order valence-electron chi connectivity index (χ3n) is 5.32. The number of oxazole rings is 1. The number of benzene rings is 3. The second kappa shape index (κ2) is 7.28. The van der Waals surface area contributed by atoms with E-state index in [0.29, 0.717) is 17.0 Å². The largest absolute Gasteiger partial charge is 0.423 e. The summed E-state index contributed by atoms with van der Waals surface area (Å²) in [6, 6.07) is 29.2. The molecule has 6 rings (SSSR count). The summed E-state index contributed by atoms with van der Waals surface area (Å²) < 4.78 is 7.48. The zero-order valence-electron chi connectivity index (χ0n) is 16.8. The minimum atomic E-state index is -0.437. The van der Waals surface area contributed by atoms with Crippen molar-refractivity contribution in [1.82, 2.24) is 19.4 Å². The highest BCUT2D eigenvalue weighted by Gasteiger charge is 2.16. The van der Waals surface area contributed by atoms with Crippen LogP contribution in [0.5, 0.6) is 0 Å². The molecular formula is C26H16N4O2. The monoisotopic (exact) mass is 416 g/mol. The Labute approximate surface area is 182 Å². The van der Waals surface area contributed by atoms with E-state index in [4.69, 9.17) is 14.4 Å². The normalized spacial score (nSPS) is 11.2. The summed E-state index contributed by atoms with van der Waals surface area (Å²) in [5, 5.41) is 0. The van der Waals surface area contributed by atoms with Crippen molar-refractivity contribution in [1.29, 1.82) is 0 Å². The first-order chi connectivity index (χ1) is 15.8. The summed E-state index contributed by atoms with van der Waals surface area (Å²) >= 11 is 0. The molecule has 0 spiro atoms. The Morgan fingerprint density at radius 1 is 0.688 bits per heavy atom. The molecule has 0 bridgehead atoms. The van der Waals surface area contributed by atoms with Gasteiger partial charge in [-0.25, -0.2) is 9.97 Å². The van der Waals surface area contributed by atoms with Crippen LogP contribution in [0, 0.1) is 0 Å². The van der Waals surface area contributed by atoms with E-state index in [1.165, 1.54) is 0 Å². The Morgan fingerprint density at radius 2 is 1.28 bits per heavy atom. The van der Waals surface area contributed by atoms with E-state index < -0.39 is 5.56 Å². The lowest BCUT2D eigenvalue weighted by atomic mass is 10.1. The molecule has 6 heteroatoms. The Hall–Kier alpha value is -4.58. The average Bonchev–Trinajstić information content (AvgIpc) is 3.21. The van der Waals surface area contributed by atoms with Crippen LogP contribution >= 0.6 is 0 Å². The highest BCUT2D eigenvalue weighted by molar-refractivity contribution is 5.77. The molecule has 0 N–H and O–H groups in total. The molecule has 0 aliphatic heterocycles. The summed E-state index contributed by atoms with van der Waals surface area (Å²) in [5.74, 6) is 0.560. The molecule has 3 heterocycles.